The van der Waals surface area contributed by atoms with Gasteiger partial charge in [-0.2, -0.15) is 0 Å². The summed E-state index contributed by atoms with van der Waals surface area (Å²) >= 11 is 0. The average molecular weight is 298 g/mol. The zero-order valence-electron chi connectivity index (χ0n) is 12.4. The number of ether oxygens (including phenoxy) is 1. The predicted octanol–water partition coefficient (Wildman–Crippen LogP) is 2.33. The number of carbonyl (C=O) groups excluding carboxylic acids is 1. The minimum absolute atomic E-state index is 0.0544. The van der Waals surface area contributed by atoms with Crippen molar-refractivity contribution in [2.24, 2.45) is 5.92 Å². The first-order valence-electron chi connectivity index (χ1n) is 6.35. The quantitative estimate of drug-likeness (QED) is 0.874. The molecule has 1 aromatic carbocycles. The van der Waals surface area contributed by atoms with Crippen molar-refractivity contribution in [1.29, 1.82) is 0 Å². The van der Waals surface area contributed by atoms with E-state index in [1.807, 2.05) is 0 Å². The first kappa shape index (κ1) is 16.7. The molecule has 0 fully saturated rings. The van der Waals surface area contributed by atoms with Crippen LogP contribution in [0.15, 0.2) is 12.1 Å². The van der Waals surface area contributed by atoms with Crippen LogP contribution in [0, 0.1) is 18.7 Å². The van der Waals surface area contributed by atoms with Crippen LogP contribution in [-0.2, 0) is 4.79 Å². The first-order chi connectivity index (χ1) is 9.76. The van der Waals surface area contributed by atoms with Gasteiger partial charge in [0.05, 0.1) is 13.0 Å². The Bertz CT molecular complexity index is 548. The van der Waals surface area contributed by atoms with E-state index < -0.39 is 23.7 Å². The Morgan fingerprint density at radius 3 is 2.62 bits per heavy atom. The van der Waals surface area contributed by atoms with Crippen LogP contribution in [-0.4, -0.2) is 42.7 Å². The molecule has 0 aromatic heterocycles. The molecule has 0 saturated heterocycles. The minimum Gasteiger partial charge on any atom is -0.494 e. The third-order valence-corrected chi connectivity index (χ3v) is 3.06. The van der Waals surface area contributed by atoms with Crippen molar-refractivity contribution < 1.29 is 23.8 Å². The highest BCUT2D eigenvalue weighted by molar-refractivity contribution is 5.90. The van der Waals surface area contributed by atoms with Gasteiger partial charge in [0.2, 0.25) is 0 Å². The van der Waals surface area contributed by atoms with Gasteiger partial charge in [0.1, 0.15) is 0 Å². The molecule has 21 heavy (non-hydrogen) atoms. The Balaban J connectivity index is 2.79. The van der Waals surface area contributed by atoms with Crippen molar-refractivity contribution in [1.82, 2.24) is 4.90 Å². The average Bonchev–Trinajstić information content (AvgIpc) is 2.41. The second-order valence-electron chi connectivity index (χ2n) is 4.85. The molecule has 116 valence electrons. The molecule has 0 spiro atoms. The van der Waals surface area contributed by atoms with E-state index in [-0.39, 0.29) is 12.3 Å². The predicted molar refractivity (Wildman–Crippen MR) is 76.1 cm³/mol. The number of urea groups is 1. The van der Waals surface area contributed by atoms with Gasteiger partial charge in [-0.25, -0.2) is 9.18 Å². The van der Waals surface area contributed by atoms with E-state index in [0.29, 0.717) is 11.3 Å². The highest BCUT2D eigenvalue weighted by atomic mass is 19.1. The van der Waals surface area contributed by atoms with Crippen LogP contribution in [0.4, 0.5) is 14.9 Å². The number of carboxylic acids is 1. The summed E-state index contributed by atoms with van der Waals surface area (Å²) in [7, 11) is 2.83. The number of amides is 2. The summed E-state index contributed by atoms with van der Waals surface area (Å²) < 4.78 is 18.5. The largest absolute Gasteiger partial charge is 0.494 e. The first-order valence-corrected chi connectivity index (χ1v) is 6.35. The Kier molecular flexibility index (Phi) is 5.52. The lowest BCUT2D eigenvalue weighted by Gasteiger charge is -2.21. The maximum absolute atomic E-state index is 13.6. The number of carbonyl (C=O) groups is 2. The molecule has 2 N–H and O–H groups in total. The number of nitrogens with one attached hydrogen (secondary N) is 1. The maximum Gasteiger partial charge on any atom is 0.321 e. The molecule has 0 aliphatic carbocycles. The van der Waals surface area contributed by atoms with Crippen LogP contribution in [0.5, 0.6) is 5.75 Å². The van der Waals surface area contributed by atoms with E-state index in [1.54, 1.807) is 6.92 Å². The molecule has 6 nitrogen and oxygen atoms in total. The number of anilines is 1. The number of hydrogen-bond acceptors (Lipinski definition) is 3. The molecule has 7 heteroatoms. The van der Waals surface area contributed by atoms with Gasteiger partial charge >= 0.3 is 12.0 Å². The van der Waals surface area contributed by atoms with Gasteiger partial charge in [-0.15, -0.1) is 0 Å². The lowest BCUT2D eigenvalue weighted by atomic mass is 10.1. The molecule has 2 amide bonds. The van der Waals surface area contributed by atoms with E-state index in [0.717, 1.165) is 0 Å². The SMILES string of the molecule is COc1cc(C)c(NC(=O)N(C)CC(C)C(=O)O)cc1F. The van der Waals surface area contributed by atoms with Gasteiger partial charge in [-0.3, -0.25) is 4.79 Å². The lowest BCUT2D eigenvalue weighted by Crippen LogP contribution is -2.36. The number of aliphatic carboxylic acids is 1. The Labute approximate surface area is 122 Å². The van der Waals surface area contributed by atoms with Gasteiger partial charge in [0, 0.05) is 25.3 Å². The summed E-state index contributed by atoms with van der Waals surface area (Å²) in [6.45, 7) is 3.26. The fraction of sp³-hybridized carbons (Fsp3) is 0.429. The second-order valence-corrected chi connectivity index (χ2v) is 4.85. The van der Waals surface area contributed by atoms with Gasteiger partial charge in [-0.05, 0) is 18.6 Å². The van der Waals surface area contributed by atoms with Gasteiger partial charge < -0.3 is 20.1 Å². The summed E-state index contributed by atoms with van der Waals surface area (Å²) in [6.07, 6.45) is 0. The molecule has 1 unspecified atom stereocenters. The summed E-state index contributed by atoms with van der Waals surface area (Å²) in [4.78, 5) is 24.0. The van der Waals surface area contributed by atoms with Crippen LogP contribution in [0.2, 0.25) is 0 Å². The highest BCUT2D eigenvalue weighted by Gasteiger charge is 2.18. The van der Waals surface area contributed by atoms with Crippen LogP contribution in [0.3, 0.4) is 0 Å². The van der Waals surface area contributed by atoms with Crippen LogP contribution >= 0.6 is 0 Å². The zero-order valence-corrected chi connectivity index (χ0v) is 12.4. The van der Waals surface area contributed by atoms with Crippen molar-refractivity contribution in [2.45, 2.75) is 13.8 Å². The van der Waals surface area contributed by atoms with Gasteiger partial charge in [0.25, 0.3) is 0 Å². The maximum atomic E-state index is 13.6. The molecule has 0 aliphatic heterocycles. The molecule has 0 heterocycles. The van der Waals surface area contributed by atoms with Crippen molar-refractivity contribution >= 4 is 17.7 Å². The summed E-state index contributed by atoms with van der Waals surface area (Å²) in [6, 6.07) is 2.14. The lowest BCUT2D eigenvalue weighted by molar-refractivity contribution is -0.141. The molecule has 0 bridgehead atoms. The van der Waals surface area contributed by atoms with E-state index in [9.17, 15) is 14.0 Å². The number of rotatable bonds is 5. The van der Waals surface area contributed by atoms with E-state index in [2.05, 4.69) is 5.32 Å². The number of carboxylic acid groups (broad SMARTS) is 1. The molecule has 0 aliphatic rings. The summed E-state index contributed by atoms with van der Waals surface area (Å²) in [5.41, 5.74) is 0.953. The molecule has 1 aromatic rings. The number of aryl methyl sites for hydroxylation is 1. The third kappa shape index (κ3) is 4.34. The number of nitrogens with zero attached hydrogens (tertiary/aromatic N) is 1. The Hall–Kier alpha value is -2.31. The zero-order chi connectivity index (χ0) is 16.2. The monoisotopic (exact) mass is 298 g/mol. The second kappa shape index (κ2) is 6.92. The number of benzene rings is 1. The van der Waals surface area contributed by atoms with Crippen molar-refractivity contribution in [3.63, 3.8) is 0 Å². The van der Waals surface area contributed by atoms with Crippen molar-refractivity contribution in [2.75, 3.05) is 26.0 Å². The topological polar surface area (TPSA) is 78.9 Å². The Morgan fingerprint density at radius 1 is 1.48 bits per heavy atom. The summed E-state index contributed by atoms with van der Waals surface area (Å²) in [5.74, 6) is -2.16. The molecule has 1 atom stereocenters. The van der Waals surface area contributed by atoms with Crippen molar-refractivity contribution in [3.05, 3.63) is 23.5 Å². The van der Waals surface area contributed by atoms with Gasteiger partial charge in [0.15, 0.2) is 11.6 Å². The molecule has 0 radical (unpaired) electrons. The normalized spacial score (nSPS) is 11.7. The smallest absolute Gasteiger partial charge is 0.321 e. The molecule has 1 rings (SSSR count). The van der Waals surface area contributed by atoms with Crippen LogP contribution in [0.25, 0.3) is 0 Å². The molecular formula is C14H19FN2O4. The minimum atomic E-state index is -0.985. The van der Waals surface area contributed by atoms with Crippen LogP contribution < -0.4 is 10.1 Å². The third-order valence-electron chi connectivity index (χ3n) is 3.06. The van der Waals surface area contributed by atoms with E-state index >= 15 is 0 Å². The van der Waals surface area contributed by atoms with Gasteiger partial charge in [-0.1, -0.05) is 6.92 Å². The number of methoxy groups -OCH3 is 1. The van der Waals surface area contributed by atoms with E-state index in [1.165, 1.54) is 38.1 Å². The number of halogens is 1. The van der Waals surface area contributed by atoms with Crippen molar-refractivity contribution in [3.8, 4) is 5.75 Å². The van der Waals surface area contributed by atoms with Crippen LogP contribution in [0.1, 0.15) is 12.5 Å². The highest BCUT2D eigenvalue weighted by Crippen LogP contribution is 2.25. The molecular weight excluding hydrogens is 279 g/mol. The fourth-order valence-electron chi connectivity index (χ4n) is 1.73. The standard InChI is InChI=1S/C14H19FN2O4/c1-8-5-12(21-4)10(15)6-11(8)16-14(20)17(3)7-9(2)13(18)19/h5-6,9H,7H2,1-4H3,(H,16,20)(H,18,19). The number of hydrogen-bond donors (Lipinski definition) is 2. The fourth-order valence-corrected chi connectivity index (χ4v) is 1.73. The van der Waals surface area contributed by atoms with E-state index in [4.69, 9.17) is 9.84 Å². The summed E-state index contributed by atoms with van der Waals surface area (Å²) in [5, 5.41) is 11.4. The Morgan fingerprint density at radius 2 is 2.10 bits per heavy atom. The molecule has 0 saturated carbocycles.